The second-order valence-corrected chi connectivity index (χ2v) is 8.62. The van der Waals surface area contributed by atoms with E-state index in [1.54, 1.807) is 0 Å². The summed E-state index contributed by atoms with van der Waals surface area (Å²) in [4.78, 5) is 14.8. The topological polar surface area (TPSA) is 41.6 Å². The van der Waals surface area contributed by atoms with E-state index in [2.05, 4.69) is 38.2 Å². The van der Waals surface area contributed by atoms with Crippen LogP contribution >= 0.6 is 0 Å². The fraction of sp³-hybridized carbons (Fsp3) is 0.667. The van der Waals surface area contributed by atoms with Crippen molar-refractivity contribution in [1.29, 1.82) is 0 Å². The number of carbonyl (C=O) groups excluding carboxylic acids is 1. The molecule has 1 N–H and O–H groups in total. The molecule has 0 aliphatic carbocycles. The Labute approximate surface area is 151 Å². The first-order chi connectivity index (χ1) is 11.8. The summed E-state index contributed by atoms with van der Waals surface area (Å²) in [5, 5.41) is 3.48. The van der Waals surface area contributed by atoms with Crippen molar-refractivity contribution in [3.8, 4) is 5.75 Å². The van der Waals surface area contributed by atoms with Gasteiger partial charge in [-0.3, -0.25) is 4.79 Å². The van der Waals surface area contributed by atoms with Gasteiger partial charge in [0, 0.05) is 13.1 Å². The molecule has 0 radical (unpaired) electrons. The van der Waals surface area contributed by atoms with E-state index in [0.29, 0.717) is 0 Å². The van der Waals surface area contributed by atoms with Gasteiger partial charge in [0.25, 0.3) is 5.91 Å². The minimum Gasteiger partial charge on any atom is -0.481 e. The number of likely N-dealkylation sites (tertiary alicyclic amines) is 1. The number of hydrogen-bond acceptors (Lipinski definition) is 3. The highest BCUT2D eigenvalue weighted by Gasteiger charge is 2.32. The average molecular weight is 344 g/mol. The van der Waals surface area contributed by atoms with E-state index in [0.717, 1.165) is 56.6 Å². The van der Waals surface area contributed by atoms with Crippen LogP contribution in [0.2, 0.25) is 0 Å². The molecular formula is C21H32N2O2. The van der Waals surface area contributed by atoms with Crippen molar-refractivity contribution in [3.05, 3.63) is 29.8 Å². The van der Waals surface area contributed by atoms with Crippen molar-refractivity contribution in [2.24, 2.45) is 11.8 Å². The lowest BCUT2D eigenvalue weighted by Crippen LogP contribution is -2.41. The van der Waals surface area contributed by atoms with Gasteiger partial charge < -0.3 is 15.0 Å². The zero-order valence-corrected chi connectivity index (χ0v) is 16.0. The highest BCUT2D eigenvalue weighted by molar-refractivity contribution is 5.81. The number of fused-ring (bicyclic) bond motifs is 1. The van der Waals surface area contributed by atoms with Crippen LogP contribution in [-0.2, 0) is 10.2 Å². The molecule has 4 heteroatoms. The number of rotatable bonds is 3. The van der Waals surface area contributed by atoms with Crippen molar-refractivity contribution in [2.75, 3.05) is 26.2 Å². The monoisotopic (exact) mass is 344 g/mol. The Morgan fingerprint density at radius 2 is 1.68 bits per heavy atom. The molecule has 3 atom stereocenters. The predicted molar refractivity (Wildman–Crippen MR) is 101 cm³/mol. The van der Waals surface area contributed by atoms with Crippen LogP contribution in [0.25, 0.3) is 0 Å². The molecule has 0 spiro atoms. The maximum absolute atomic E-state index is 12.8. The third-order valence-corrected chi connectivity index (χ3v) is 5.71. The number of benzene rings is 1. The normalized spacial score (nSPS) is 25.2. The fourth-order valence-electron chi connectivity index (χ4n) is 3.98. The SMILES string of the molecule is CC(Oc1ccc(C(C)(C)C)cc1)C(=O)N1CC[C@@H]2CNC[C@@H]2CC1. The number of amides is 1. The van der Waals surface area contributed by atoms with Gasteiger partial charge in [0.2, 0.25) is 0 Å². The maximum atomic E-state index is 12.8. The van der Waals surface area contributed by atoms with E-state index in [4.69, 9.17) is 4.74 Å². The van der Waals surface area contributed by atoms with Gasteiger partial charge in [-0.1, -0.05) is 32.9 Å². The number of hydrogen-bond donors (Lipinski definition) is 1. The fourth-order valence-corrected chi connectivity index (χ4v) is 3.98. The van der Waals surface area contributed by atoms with Gasteiger partial charge in [-0.05, 0) is 67.8 Å². The van der Waals surface area contributed by atoms with E-state index < -0.39 is 6.10 Å². The molecule has 1 aromatic rings. The molecule has 3 rings (SSSR count). The minimum absolute atomic E-state index is 0.118. The molecule has 2 aliphatic rings. The second kappa shape index (κ2) is 7.36. The summed E-state index contributed by atoms with van der Waals surface area (Å²) >= 11 is 0. The molecule has 25 heavy (non-hydrogen) atoms. The molecule has 2 heterocycles. The summed E-state index contributed by atoms with van der Waals surface area (Å²) in [5.74, 6) is 2.36. The molecule has 2 aliphatic heterocycles. The van der Waals surface area contributed by atoms with Crippen molar-refractivity contribution in [1.82, 2.24) is 10.2 Å². The molecule has 4 nitrogen and oxygen atoms in total. The summed E-state index contributed by atoms with van der Waals surface area (Å²) in [6.07, 6.45) is 1.78. The van der Waals surface area contributed by atoms with Crippen LogP contribution in [0.3, 0.4) is 0 Å². The number of ether oxygens (including phenoxy) is 1. The van der Waals surface area contributed by atoms with E-state index in [-0.39, 0.29) is 11.3 Å². The molecule has 138 valence electrons. The molecule has 1 aromatic carbocycles. The van der Waals surface area contributed by atoms with Crippen LogP contribution in [0.4, 0.5) is 0 Å². The van der Waals surface area contributed by atoms with Gasteiger partial charge in [0.05, 0.1) is 0 Å². The van der Waals surface area contributed by atoms with Gasteiger partial charge in [0.15, 0.2) is 6.10 Å². The summed E-state index contributed by atoms with van der Waals surface area (Å²) in [7, 11) is 0. The third kappa shape index (κ3) is 4.35. The standard InChI is InChI=1S/C21H32N2O2/c1-15(25-19-7-5-18(6-8-19)21(2,3)4)20(24)23-11-9-16-13-22-14-17(16)10-12-23/h5-8,15-17,22H,9-14H2,1-4H3/t15?,16-,17+. The Kier molecular flexibility index (Phi) is 5.38. The molecule has 2 saturated heterocycles. The Bertz CT molecular complexity index is 577. The van der Waals surface area contributed by atoms with Crippen molar-refractivity contribution < 1.29 is 9.53 Å². The van der Waals surface area contributed by atoms with Crippen LogP contribution in [0.15, 0.2) is 24.3 Å². The first-order valence-electron chi connectivity index (χ1n) is 9.61. The van der Waals surface area contributed by atoms with Crippen molar-refractivity contribution in [2.45, 2.75) is 52.1 Å². The van der Waals surface area contributed by atoms with E-state index >= 15 is 0 Å². The Morgan fingerprint density at radius 1 is 1.12 bits per heavy atom. The molecule has 0 aromatic heterocycles. The first kappa shape index (κ1) is 18.2. The Morgan fingerprint density at radius 3 is 2.20 bits per heavy atom. The lowest BCUT2D eigenvalue weighted by molar-refractivity contribution is -0.137. The molecule has 0 saturated carbocycles. The molecular weight excluding hydrogens is 312 g/mol. The molecule has 0 bridgehead atoms. The van der Waals surface area contributed by atoms with E-state index in [9.17, 15) is 4.79 Å². The van der Waals surface area contributed by atoms with E-state index in [1.165, 1.54) is 5.56 Å². The zero-order valence-electron chi connectivity index (χ0n) is 16.0. The van der Waals surface area contributed by atoms with Crippen LogP contribution in [0, 0.1) is 11.8 Å². The average Bonchev–Trinajstić information content (AvgIpc) is 2.92. The zero-order chi connectivity index (χ0) is 18.0. The van der Waals surface area contributed by atoms with Gasteiger partial charge in [-0.15, -0.1) is 0 Å². The van der Waals surface area contributed by atoms with Gasteiger partial charge in [0.1, 0.15) is 5.75 Å². The predicted octanol–water partition coefficient (Wildman–Crippen LogP) is 3.21. The van der Waals surface area contributed by atoms with Crippen LogP contribution < -0.4 is 10.1 Å². The van der Waals surface area contributed by atoms with Gasteiger partial charge in [-0.2, -0.15) is 0 Å². The Hall–Kier alpha value is -1.55. The summed E-state index contributed by atoms with van der Waals surface area (Å²) in [5.41, 5.74) is 1.39. The van der Waals surface area contributed by atoms with E-state index in [1.807, 2.05) is 24.0 Å². The molecule has 2 fully saturated rings. The van der Waals surface area contributed by atoms with Crippen molar-refractivity contribution in [3.63, 3.8) is 0 Å². The molecule has 1 unspecified atom stereocenters. The van der Waals surface area contributed by atoms with Gasteiger partial charge >= 0.3 is 0 Å². The Balaban J connectivity index is 1.57. The lowest BCUT2D eigenvalue weighted by Gasteiger charge is -2.25. The van der Waals surface area contributed by atoms with Crippen LogP contribution in [0.5, 0.6) is 5.75 Å². The summed E-state index contributed by atoms with van der Waals surface area (Å²) < 4.78 is 5.93. The van der Waals surface area contributed by atoms with Gasteiger partial charge in [-0.25, -0.2) is 0 Å². The van der Waals surface area contributed by atoms with Crippen molar-refractivity contribution >= 4 is 5.91 Å². The number of nitrogens with one attached hydrogen (secondary N) is 1. The smallest absolute Gasteiger partial charge is 0.263 e. The third-order valence-electron chi connectivity index (χ3n) is 5.71. The van der Waals surface area contributed by atoms with Crippen LogP contribution in [-0.4, -0.2) is 43.1 Å². The minimum atomic E-state index is -0.434. The first-order valence-corrected chi connectivity index (χ1v) is 9.61. The lowest BCUT2D eigenvalue weighted by atomic mass is 9.87. The maximum Gasteiger partial charge on any atom is 0.263 e. The second-order valence-electron chi connectivity index (χ2n) is 8.62. The number of nitrogens with zero attached hydrogens (tertiary/aromatic N) is 1. The summed E-state index contributed by atoms with van der Waals surface area (Å²) in [6.45, 7) is 12.4. The van der Waals surface area contributed by atoms with Crippen LogP contribution in [0.1, 0.15) is 46.1 Å². The quantitative estimate of drug-likeness (QED) is 0.915. The summed E-state index contributed by atoms with van der Waals surface area (Å²) in [6, 6.07) is 8.13. The largest absolute Gasteiger partial charge is 0.481 e. The molecule has 1 amide bonds. The highest BCUT2D eigenvalue weighted by Crippen LogP contribution is 2.28. The highest BCUT2D eigenvalue weighted by atomic mass is 16.5. The number of carbonyl (C=O) groups is 1.